The van der Waals surface area contributed by atoms with Gasteiger partial charge in [-0.2, -0.15) is 22.0 Å². The van der Waals surface area contributed by atoms with Crippen molar-refractivity contribution in [3.63, 3.8) is 0 Å². The third kappa shape index (κ3) is 9.98. The van der Waals surface area contributed by atoms with Gasteiger partial charge < -0.3 is 20.1 Å². The zero-order valence-corrected chi connectivity index (χ0v) is 19.0. The minimum Gasteiger partial charge on any atom is -0.468 e. The third-order valence-corrected chi connectivity index (χ3v) is 3.74. The molecule has 0 atom stereocenters. The molecule has 0 amide bonds. The molecule has 0 bridgehead atoms. The lowest BCUT2D eigenvalue weighted by molar-refractivity contribution is -0.154. The van der Waals surface area contributed by atoms with Crippen LogP contribution in [0.4, 0.5) is 22.0 Å². The van der Waals surface area contributed by atoms with Crippen molar-refractivity contribution in [1.29, 1.82) is 0 Å². The number of nitrogens with zero attached hydrogens (tertiary/aromatic N) is 2. The van der Waals surface area contributed by atoms with Crippen LogP contribution in [0.25, 0.3) is 0 Å². The van der Waals surface area contributed by atoms with Gasteiger partial charge >= 0.3 is 12.8 Å². The summed E-state index contributed by atoms with van der Waals surface area (Å²) in [6, 6.07) is 7.83. The maximum atomic E-state index is 12.6. The molecule has 0 aliphatic rings. The van der Waals surface area contributed by atoms with E-state index < -0.39 is 19.4 Å². The summed E-state index contributed by atoms with van der Waals surface area (Å²) in [6.07, 6.45) is -3.12. The van der Waals surface area contributed by atoms with E-state index in [-0.39, 0.29) is 48.7 Å². The molecule has 2 rings (SSSR count). The lowest BCUT2D eigenvalue weighted by Crippen LogP contribution is -2.36. The van der Waals surface area contributed by atoms with Gasteiger partial charge in [0, 0.05) is 38.0 Å². The molecule has 1 aromatic heterocycles. The maximum absolute atomic E-state index is 12.6. The molecule has 0 saturated carbocycles. The predicted molar refractivity (Wildman–Crippen MR) is 116 cm³/mol. The first-order valence-corrected chi connectivity index (χ1v) is 8.79. The molecule has 31 heavy (non-hydrogen) atoms. The van der Waals surface area contributed by atoms with Gasteiger partial charge in [-0.25, -0.2) is 4.98 Å². The highest BCUT2D eigenvalue weighted by atomic mass is 127. The second kappa shape index (κ2) is 12.5. The summed E-state index contributed by atoms with van der Waals surface area (Å²) in [5.41, 5.74) is 2.01. The first-order valence-electron chi connectivity index (χ1n) is 8.79. The number of hydrogen-bond acceptors (Lipinski definition) is 4. The number of aryl methyl sites for hydroxylation is 1. The minimum atomic E-state index is -4.45. The number of aromatic nitrogens is 1. The average Bonchev–Trinajstić information content (AvgIpc) is 2.68. The van der Waals surface area contributed by atoms with Crippen molar-refractivity contribution >= 4 is 29.9 Å². The first kappa shape index (κ1) is 26.7. The van der Waals surface area contributed by atoms with Gasteiger partial charge in [-0.05, 0) is 24.6 Å². The Morgan fingerprint density at radius 2 is 1.84 bits per heavy atom. The minimum absolute atomic E-state index is 0. The topological polar surface area (TPSA) is 67.8 Å². The zero-order valence-electron chi connectivity index (χ0n) is 16.7. The molecule has 0 radical (unpaired) electrons. The van der Waals surface area contributed by atoms with E-state index in [1.54, 1.807) is 18.2 Å². The van der Waals surface area contributed by atoms with E-state index in [4.69, 9.17) is 0 Å². The van der Waals surface area contributed by atoms with Crippen LogP contribution >= 0.6 is 24.0 Å². The van der Waals surface area contributed by atoms with Crippen LogP contribution in [0.3, 0.4) is 0 Å². The SMILES string of the molecule is CN=C(NCc1ccnc(OCC(F)(F)F)c1)NCc1cc(C)ccc1OC(F)F.I. The normalized spacial score (nSPS) is 11.7. The van der Waals surface area contributed by atoms with Crippen LogP contribution in [0.1, 0.15) is 16.7 Å². The number of rotatable bonds is 8. The first-order chi connectivity index (χ1) is 14.2. The number of pyridine rings is 1. The zero-order chi connectivity index (χ0) is 22.1. The Morgan fingerprint density at radius 3 is 2.48 bits per heavy atom. The van der Waals surface area contributed by atoms with E-state index in [1.165, 1.54) is 25.4 Å². The lowest BCUT2D eigenvalue weighted by Gasteiger charge is -2.15. The maximum Gasteiger partial charge on any atom is 0.422 e. The fraction of sp³-hybridized carbons (Fsp3) is 0.368. The molecule has 2 N–H and O–H groups in total. The molecule has 1 heterocycles. The lowest BCUT2D eigenvalue weighted by atomic mass is 10.1. The summed E-state index contributed by atoms with van der Waals surface area (Å²) >= 11 is 0. The number of ether oxygens (including phenoxy) is 2. The van der Waals surface area contributed by atoms with Gasteiger partial charge in [0.2, 0.25) is 5.88 Å². The van der Waals surface area contributed by atoms with Crippen molar-refractivity contribution in [2.45, 2.75) is 32.8 Å². The largest absolute Gasteiger partial charge is 0.468 e. The van der Waals surface area contributed by atoms with Crippen LogP contribution in [0.5, 0.6) is 11.6 Å². The summed E-state index contributed by atoms with van der Waals surface area (Å²) < 4.78 is 71.0. The van der Waals surface area contributed by atoms with Crippen LogP contribution in [0.2, 0.25) is 0 Å². The van der Waals surface area contributed by atoms with Crippen molar-refractivity contribution in [3.05, 3.63) is 53.2 Å². The van der Waals surface area contributed by atoms with Crippen molar-refractivity contribution in [2.24, 2.45) is 4.99 Å². The molecule has 0 aliphatic heterocycles. The van der Waals surface area contributed by atoms with E-state index in [0.29, 0.717) is 17.1 Å². The van der Waals surface area contributed by atoms with Crippen LogP contribution in [-0.4, -0.2) is 37.4 Å². The number of benzene rings is 1. The second-order valence-electron chi connectivity index (χ2n) is 6.18. The molecule has 0 spiro atoms. The molecule has 2 aromatic rings. The summed E-state index contributed by atoms with van der Waals surface area (Å²) in [6.45, 7) is -2.16. The Morgan fingerprint density at radius 1 is 1.13 bits per heavy atom. The molecule has 172 valence electrons. The Balaban J connectivity index is 0.00000480. The third-order valence-electron chi connectivity index (χ3n) is 3.74. The van der Waals surface area contributed by atoms with Crippen molar-refractivity contribution in [1.82, 2.24) is 15.6 Å². The van der Waals surface area contributed by atoms with Gasteiger partial charge in [-0.1, -0.05) is 17.7 Å². The molecule has 0 aliphatic carbocycles. The highest BCUT2D eigenvalue weighted by Crippen LogP contribution is 2.22. The number of guanidine groups is 1. The van der Waals surface area contributed by atoms with Gasteiger partial charge in [0.25, 0.3) is 0 Å². The fourth-order valence-electron chi connectivity index (χ4n) is 2.44. The van der Waals surface area contributed by atoms with E-state index in [1.807, 2.05) is 6.92 Å². The Hall–Kier alpha value is -2.38. The summed E-state index contributed by atoms with van der Waals surface area (Å²) in [7, 11) is 1.52. The monoisotopic (exact) mass is 560 g/mol. The number of hydrogen-bond donors (Lipinski definition) is 2. The van der Waals surface area contributed by atoms with Gasteiger partial charge in [0.1, 0.15) is 5.75 Å². The van der Waals surface area contributed by atoms with Crippen LogP contribution in [0, 0.1) is 6.92 Å². The van der Waals surface area contributed by atoms with E-state index in [9.17, 15) is 22.0 Å². The Labute approximate surface area is 193 Å². The predicted octanol–water partition coefficient (Wildman–Crippen LogP) is 4.42. The van der Waals surface area contributed by atoms with E-state index >= 15 is 0 Å². The molecule has 0 fully saturated rings. The van der Waals surface area contributed by atoms with Crippen molar-refractivity contribution in [3.8, 4) is 11.6 Å². The fourth-order valence-corrected chi connectivity index (χ4v) is 2.44. The number of alkyl halides is 5. The quantitative estimate of drug-likeness (QED) is 0.217. The highest BCUT2D eigenvalue weighted by Gasteiger charge is 2.28. The van der Waals surface area contributed by atoms with Gasteiger partial charge in [0.05, 0.1) is 0 Å². The van der Waals surface area contributed by atoms with Crippen molar-refractivity contribution in [2.75, 3.05) is 13.7 Å². The molecule has 1 aromatic carbocycles. The van der Waals surface area contributed by atoms with E-state index in [0.717, 1.165) is 5.56 Å². The smallest absolute Gasteiger partial charge is 0.422 e. The molecule has 0 saturated heterocycles. The number of halogens is 6. The van der Waals surface area contributed by atoms with Crippen molar-refractivity contribution < 1.29 is 31.4 Å². The molecule has 0 unspecified atom stereocenters. The van der Waals surface area contributed by atoms with Crippen LogP contribution in [-0.2, 0) is 13.1 Å². The summed E-state index contributed by atoms with van der Waals surface area (Å²) in [4.78, 5) is 7.77. The Kier molecular flexibility index (Phi) is 10.7. The summed E-state index contributed by atoms with van der Waals surface area (Å²) in [5, 5.41) is 5.95. The molecular weight excluding hydrogens is 538 g/mol. The number of nitrogens with one attached hydrogen (secondary N) is 2. The molecule has 12 heteroatoms. The van der Waals surface area contributed by atoms with Gasteiger partial charge in [-0.3, -0.25) is 4.99 Å². The summed E-state index contributed by atoms with van der Waals surface area (Å²) in [5.74, 6) is 0.260. The standard InChI is InChI=1S/C19H21F5N4O2.HI/c1-12-3-4-15(30-17(20)21)14(7-12)10-28-18(25-2)27-9-13-5-6-26-16(8-13)29-11-19(22,23)24;/h3-8,17H,9-11H2,1-2H3,(H2,25,27,28);1H. The highest BCUT2D eigenvalue weighted by molar-refractivity contribution is 14.0. The number of aliphatic imine (C=N–C) groups is 1. The van der Waals surface area contributed by atoms with Gasteiger partial charge in [-0.15, -0.1) is 24.0 Å². The second-order valence-corrected chi connectivity index (χ2v) is 6.18. The van der Waals surface area contributed by atoms with Gasteiger partial charge in [0.15, 0.2) is 12.6 Å². The van der Waals surface area contributed by atoms with Crippen LogP contribution < -0.4 is 20.1 Å². The van der Waals surface area contributed by atoms with Crippen LogP contribution in [0.15, 0.2) is 41.5 Å². The average molecular weight is 560 g/mol. The van der Waals surface area contributed by atoms with E-state index in [2.05, 4.69) is 30.1 Å². The molecule has 6 nitrogen and oxygen atoms in total. The Bertz CT molecular complexity index is 865. The molecular formula is C19H22F5IN4O2.